The maximum Gasteiger partial charge on any atom is 0.0685 e. The van der Waals surface area contributed by atoms with Crippen molar-refractivity contribution in [3.05, 3.63) is 0 Å². The van der Waals surface area contributed by atoms with Gasteiger partial charge in [0.05, 0.1) is 12.7 Å². The number of hydrogen-bond acceptors (Lipinski definition) is 4. The Morgan fingerprint density at radius 2 is 1.71 bits per heavy atom. The van der Waals surface area contributed by atoms with Crippen LogP contribution >= 0.6 is 0 Å². The van der Waals surface area contributed by atoms with E-state index in [1.165, 1.54) is 0 Å². The van der Waals surface area contributed by atoms with Gasteiger partial charge in [-0.3, -0.25) is 0 Å². The van der Waals surface area contributed by atoms with Crippen LogP contribution < -0.4 is 0 Å². The van der Waals surface area contributed by atoms with E-state index in [9.17, 15) is 10.2 Å². The quantitative estimate of drug-likeness (QED) is 0.619. The third-order valence-corrected chi connectivity index (χ3v) is 2.67. The first-order valence-corrected chi connectivity index (χ1v) is 4.93. The molecule has 0 amide bonds. The normalized spacial score (nSPS) is 18.6. The Hall–Kier alpha value is -0.160. The highest BCUT2D eigenvalue weighted by Gasteiger charge is 2.29. The summed E-state index contributed by atoms with van der Waals surface area (Å²) in [4.78, 5) is 3.89. The van der Waals surface area contributed by atoms with Crippen molar-refractivity contribution in [3.63, 3.8) is 0 Å². The summed E-state index contributed by atoms with van der Waals surface area (Å²) < 4.78 is 0. The van der Waals surface area contributed by atoms with Gasteiger partial charge >= 0.3 is 0 Å². The third-order valence-electron chi connectivity index (χ3n) is 2.67. The Labute approximate surface area is 87.1 Å². The van der Waals surface area contributed by atoms with Crippen molar-refractivity contribution in [3.8, 4) is 0 Å². The van der Waals surface area contributed by atoms with Gasteiger partial charge in [0.15, 0.2) is 0 Å². The van der Waals surface area contributed by atoms with Gasteiger partial charge in [-0.1, -0.05) is 0 Å². The zero-order valence-corrected chi connectivity index (χ0v) is 9.99. The lowest BCUT2D eigenvalue weighted by Crippen LogP contribution is -2.48. The zero-order valence-electron chi connectivity index (χ0n) is 9.99. The van der Waals surface area contributed by atoms with Crippen LogP contribution in [0.2, 0.25) is 0 Å². The molecule has 0 rings (SSSR count). The van der Waals surface area contributed by atoms with Crippen molar-refractivity contribution in [1.29, 1.82) is 0 Å². The molecule has 0 fully saturated rings. The molecule has 14 heavy (non-hydrogen) atoms. The van der Waals surface area contributed by atoms with E-state index in [2.05, 4.69) is 0 Å². The minimum atomic E-state index is -0.399. The largest absolute Gasteiger partial charge is 0.394 e. The molecule has 0 aromatic carbocycles. The second kappa shape index (κ2) is 5.66. The molecule has 0 aliphatic heterocycles. The third kappa shape index (κ3) is 4.37. The molecule has 0 spiro atoms. The molecule has 0 aliphatic rings. The minimum absolute atomic E-state index is 0.0600. The topological polar surface area (TPSA) is 46.9 Å². The number of aliphatic hydroxyl groups excluding tert-OH is 2. The van der Waals surface area contributed by atoms with Crippen LogP contribution in [0.5, 0.6) is 0 Å². The number of nitrogens with zero attached hydrogens (tertiary/aromatic N) is 2. The van der Waals surface area contributed by atoms with Crippen LogP contribution in [-0.2, 0) is 0 Å². The summed E-state index contributed by atoms with van der Waals surface area (Å²) in [5.74, 6) is 0. The van der Waals surface area contributed by atoms with Gasteiger partial charge in [-0.15, -0.1) is 0 Å². The van der Waals surface area contributed by atoms with Crippen LogP contribution in [0.15, 0.2) is 0 Å². The number of rotatable bonds is 6. The fourth-order valence-electron chi connectivity index (χ4n) is 1.38. The summed E-state index contributed by atoms with van der Waals surface area (Å²) in [6.45, 7) is 2.64. The number of likely N-dealkylation sites (N-methyl/N-ethyl adjacent to an activating group) is 2. The lowest BCUT2D eigenvalue weighted by atomic mass is 9.94. The predicted molar refractivity (Wildman–Crippen MR) is 58.4 cm³/mol. The molecule has 0 aromatic heterocycles. The summed E-state index contributed by atoms with van der Waals surface area (Å²) in [5, 5.41) is 19.0. The highest BCUT2D eigenvalue weighted by molar-refractivity contribution is 4.85. The van der Waals surface area contributed by atoms with Crippen LogP contribution in [0.1, 0.15) is 13.3 Å². The minimum Gasteiger partial charge on any atom is -0.394 e. The molecular formula is C10H24N2O2. The van der Waals surface area contributed by atoms with E-state index in [-0.39, 0.29) is 12.1 Å². The van der Waals surface area contributed by atoms with Gasteiger partial charge in [0, 0.05) is 12.1 Å². The van der Waals surface area contributed by atoms with Crippen molar-refractivity contribution < 1.29 is 10.2 Å². The molecule has 0 radical (unpaired) electrons. The van der Waals surface area contributed by atoms with Gasteiger partial charge in [-0.25, -0.2) is 0 Å². The van der Waals surface area contributed by atoms with E-state index in [1.54, 1.807) is 0 Å². The van der Waals surface area contributed by atoms with E-state index in [4.69, 9.17) is 0 Å². The maximum atomic E-state index is 9.76. The van der Waals surface area contributed by atoms with Crippen molar-refractivity contribution in [2.75, 3.05) is 41.3 Å². The molecule has 4 heteroatoms. The molecule has 2 N–H and O–H groups in total. The maximum absolute atomic E-state index is 9.76. The zero-order chi connectivity index (χ0) is 11.4. The summed E-state index contributed by atoms with van der Waals surface area (Å²) in [5.41, 5.74) is -0.338. The van der Waals surface area contributed by atoms with E-state index in [1.807, 2.05) is 44.9 Å². The van der Waals surface area contributed by atoms with E-state index in [0.717, 1.165) is 0 Å². The van der Waals surface area contributed by atoms with Gasteiger partial charge in [-0.2, -0.15) is 0 Å². The van der Waals surface area contributed by atoms with E-state index < -0.39 is 6.10 Å². The SMILES string of the molecule is CN(C)CC(O)CC(C)(CO)N(C)C. The van der Waals surface area contributed by atoms with Crippen molar-refractivity contribution in [2.24, 2.45) is 0 Å². The Bertz CT molecular complexity index is 162. The summed E-state index contributed by atoms with van der Waals surface area (Å²) in [6.07, 6.45) is 0.179. The number of aliphatic hydroxyl groups is 2. The van der Waals surface area contributed by atoms with E-state index in [0.29, 0.717) is 13.0 Å². The summed E-state index contributed by atoms with van der Waals surface area (Å²) in [6, 6.07) is 0. The average Bonchev–Trinajstić information content (AvgIpc) is 2.01. The Kier molecular flexibility index (Phi) is 5.59. The van der Waals surface area contributed by atoms with Gasteiger partial charge in [0.25, 0.3) is 0 Å². The smallest absolute Gasteiger partial charge is 0.0685 e. The summed E-state index contributed by atoms with van der Waals surface area (Å²) >= 11 is 0. The summed E-state index contributed by atoms with van der Waals surface area (Å²) in [7, 11) is 7.68. The first-order chi connectivity index (χ1) is 6.31. The monoisotopic (exact) mass is 204 g/mol. The standard InChI is InChI=1S/C10H24N2O2/c1-10(8-13,12(4)5)6-9(14)7-11(2)3/h9,13-14H,6-8H2,1-5H3. The van der Waals surface area contributed by atoms with Gasteiger partial charge in [0.1, 0.15) is 0 Å². The first-order valence-electron chi connectivity index (χ1n) is 4.93. The van der Waals surface area contributed by atoms with Crippen LogP contribution in [0.4, 0.5) is 0 Å². The molecule has 86 valence electrons. The molecule has 0 bridgehead atoms. The lowest BCUT2D eigenvalue weighted by molar-refractivity contribution is 0.0207. The van der Waals surface area contributed by atoms with Crippen molar-refractivity contribution in [1.82, 2.24) is 9.80 Å². The highest BCUT2D eigenvalue weighted by Crippen LogP contribution is 2.18. The fraction of sp³-hybridized carbons (Fsp3) is 1.00. The number of hydrogen-bond donors (Lipinski definition) is 2. The van der Waals surface area contributed by atoms with Crippen LogP contribution in [-0.4, -0.2) is 73.0 Å². The van der Waals surface area contributed by atoms with E-state index >= 15 is 0 Å². The van der Waals surface area contributed by atoms with Crippen LogP contribution in [0.25, 0.3) is 0 Å². The van der Waals surface area contributed by atoms with Crippen LogP contribution in [0, 0.1) is 0 Å². The Morgan fingerprint density at radius 1 is 1.21 bits per heavy atom. The van der Waals surface area contributed by atoms with Gasteiger partial charge in [-0.05, 0) is 41.5 Å². The molecular weight excluding hydrogens is 180 g/mol. The molecule has 0 aromatic rings. The Balaban J connectivity index is 4.17. The first kappa shape index (κ1) is 13.8. The predicted octanol–water partition coefficient (Wildman–Crippen LogP) is -0.388. The fourth-order valence-corrected chi connectivity index (χ4v) is 1.38. The average molecular weight is 204 g/mol. The van der Waals surface area contributed by atoms with Crippen LogP contribution in [0.3, 0.4) is 0 Å². The molecule has 2 atom stereocenters. The van der Waals surface area contributed by atoms with Crippen molar-refractivity contribution in [2.45, 2.75) is 25.0 Å². The molecule has 0 heterocycles. The highest BCUT2D eigenvalue weighted by atomic mass is 16.3. The molecule has 2 unspecified atom stereocenters. The van der Waals surface area contributed by atoms with Crippen molar-refractivity contribution >= 4 is 0 Å². The molecule has 0 saturated carbocycles. The molecule has 0 aliphatic carbocycles. The Morgan fingerprint density at radius 3 is 2.00 bits per heavy atom. The second-order valence-electron chi connectivity index (χ2n) is 4.67. The molecule has 4 nitrogen and oxygen atoms in total. The van der Waals surface area contributed by atoms with Gasteiger partial charge in [0.2, 0.25) is 0 Å². The molecule has 0 saturated heterocycles. The second-order valence-corrected chi connectivity index (χ2v) is 4.67. The van der Waals surface area contributed by atoms with Gasteiger partial charge < -0.3 is 20.0 Å². The lowest BCUT2D eigenvalue weighted by Gasteiger charge is -2.36.